The zero-order chi connectivity index (χ0) is 24.3. The predicted molar refractivity (Wildman–Crippen MR) is 137 cm³/mol. The molecule has 1 aliphatic carbocycles. The van der Waals surface area contributed by atoms with Gasteiger partial charge in [0.2, 0.25) is 0 Å². The van der Waals surface area contributed by atoms with Crippen LogP contribution in [-0.4, -0.2) is 40.9 Å². The number of esters is 1. The van der Waals surface area contributed by atoms with Gasteiger partial charge in [0.1, 0.15) is 6.10 Å². The molecule has 3 rings (SSSR count). The van der Waals surface area contributed by atoms with Crippen molar-refractivity contribution in [2.75, 3.05) is 0 Å². The third-order valence-electron chi connectivity index (χ3n) is 7.23. The van der Waals surface area contributed by atoms with Crippen molar-refractivity contribution in [3.05, 3.63) is 48.0 Å². The normalized spacial score (nSPS) is 21.7. The van der Waals surface area contributed by atoms with Crippen LogP contribution < -0.4 is 18.9 Å². The Balaban J connectivity index is 0.00000306. The Hall–Kier alpha value is -1.60. The van der Waals surface area contributed by atoms with Gasteiger partial charge in [0.05, 0.1) is 0 Å². The molecule has 0 saturated heterocycles. The largest absolute Gasteiger partial charge is 1.00 e. The molecule has 4 nitrogen and oxygen atoms in total. The Morgan fingerprint density at radius 2 is 1.56 bits per heavy atom. The molecule has 0 amide bonds. The second kappa shape index (κ2) is 12.4. The van der Waals surface area contributed by atoms with E-state index in [0.29, 0.717) is 23.3 Å². The van der Waals surface area contributed by atoms with Crippen molar-refractivity contribution >= 4 is 22.5 Å². The average Bonchev–Trinajstić information content (AvgIpc) is 2.75. The molecule has 2 aromatic carbocycles. The molecule has 4 unspecified atom stereocenters. The molecule has 5 heteroatoms. The third kappa shape index (κ3) is 6.54. The van der Waals surface area contributed by atoms with Crippen LogP contribution in [0.25, 0.3) is 10.8 Å². The van der Waals surface area contributed by atoms with Crippen molar-refractivity contribution in [2.24, 2.45) is 17.8 Å². The van der Waals surface area contributed by atoms with E-state index in [1.165, 1.54) is 6.42 Å². The Morgan fingerprint density at radius 3 is 2.15 bits per heavy atom. The van der Waals surface area contributed by atoms with Gasteiger partial charge in [-0.1, -0.05) is 63.6 Å². The number of carbonyl (C=O) groups excluding carboxylic acids is 2. The molecule has 2 aromatic rings. The molecular formula is C29H42LiNO3. The summed E-state index contributed by atoms with van der Waals surface area (Å²) >= 11 is 0. The zero-order valence-electron chi connectivity index (χ0n) is 23.4. The molecule has 34 heavy (non-hydrogen) atoms. The molecule has 0 N–H and O–H groups in total. The molecule has 4 atom stereocenters. The van der Waals surface area contributed by atoms with Crippen LogP contribution in [0.4, 0.5) is 0 Å². The van der Waals surface area contributed by atoms with Gasteiger partial charge in [-0.2, -0.15) is 0 Å². The minimum absolute atomic E-state index is 0. The van der Waals surface area contributed by atoms with Crippen LogP contribution in [0.5, 0.6) is 0 Å². The molecule has 0 bridgehead atoms. The number of hydrogen-bond acceptors (Lipinski definition) is 4. The fraction of sp³-hybridized carbons (Fsp3) is 0.586. The van der Waals surface area contributed by atoms with Crippen LogP contribution >= 0.6 is 0 Å². The van der Waals surface area contributed by atoms with Gasteiger partial charge >= 0.3 is 24.8 Å². The van der Waals surface area contributed by atoms with Gasteiger partial charge in [-0.3, -0.25) is 9.69 Å². The van der Waals surface area contributed by atoms with Gasteiger partial charge in [-0.05, 0) is 75.1 Å². The first-order valence-electron chi connectivity index (χ1n) is 12.6. The quantitative estimate of drug-likeness (QED) is 0.262. The number of rotatable bonds is 8. The summed E-state index contributed by atoms with van der Waals surface area (Å²) in [5.41, 5.74) is 0.555. The van der Waals surface area contributed by atoms with Gasteiger partial charge in [-0.15, -0.1) is 0 Å². The molecule has 0 radical (unpaired) electrons. The van der Waals surface area contributed by atoms with Crippen LogP contribution in [0.1, 0.15) is 79.5 Å². The number of ketones is 1. The van der Waals surface area contributed by atoms with E-state index in [9.17, 15) is 9.59 Å². The molecule has 1 saturated carbocycles. The summed E-state index contributed by atoms with van der Waals surface area (Å²) in [7, 11) is 0. The number of fused-ring (bicyclic) bond motifs is 1. The first kappa shape index (κ1) is 28.6. The van der Waals surface area contributed by atoms with E-state index in [-0.39, 0.29) is 44.3 Å². The van der Waals surface area contributed by atoms with E-state index in [0.717, 1.165) is 23.6 Å². The predicted octanol–water partition coefficient (Wildman–Crippen LogP) is 3.63. The van der Waals surface area contributed by atoms with Crippen molar-refractivity contribution < 1.29 is 34.6 Å². The van der Waals surface area contributed by atoms with E-state index < -0.39 is 12.0 Å². The summed E-state index contributed by atoms with van der Waals surface area (Å²) in [6.45, 7) is 14.8. The monoisotopic (exact) mass is 459 g/mol. The molecule has 182 valence electrons. The van der Waals surface area contributed by atoms with Crippen LogP contribution in [0, 0.1) is 17.8 Å². The zero-order valence-corrected chi connectivity index (χ0v) is 22.4. The first-order chi connectivity index (χ1) is 15.6. The number of hydrogen-bond donors (Lipinski definition) is 0. The third-order valence-corrected chi connectivity index (χ3v) is 7.23. The maximum atomic E-state index is 13.9. The van der Waals surface area contributed by atoms with E-state index in [1.54, 1.807) is 0 Å². The number of ether oxygens (including phenoxy) is 1. The molecule has 0 aliphatic heterocycles. The summed E-state index contributed by atoms with van der Waals surface area (Å²) in [5.74, 6) is 0.724. The van der Waals surface area contributed by atoms with Crippen molar-refractivity contribution in [1.82, 2.24) is 4.90 Å². The number of carbonyl (C=O) groups is 2. The molecule has 1 aliphatic rings. The first-order valence-corrected chi connectivity index (χ1v) is 12.6. The van der Waals surface area contributed by atoms with Crippen molar-refractivity contribution in [2.45, 2.75) is 92.0 Å². The smallest absolute Gasteiger partial charge is 1.00 e. The molecule has 0 heterocycles. The van der Waals surface area contributed by atoms with Gasteiger partial charge in [-0.25, -0.2) is 4.79 Å². The second-order valence-electron chi connectivity index (χ2n) is 10.8. The van der Waals surface area contributed by atoms with Crippen LogP contribution in [0.3, 0.4) is 0 Å². The van der Waals surface area contributed by atoms with Crippen molar-refractivity contribution in [1.29, 1.82) is 0 Å². The number of Topliss-reactive ketones (excluding diaryl/α,β-unsaturated/α-hetero) is 1. The summed E-state index contributed by atoms with van der Waals surface area (Å²) in [6.07, 6.45) is 2.97. The molecule has 1 fully saturated rings. The maximum absolute atomic E-state index is 13.9. The topological polar surface area (TPSA) is 46.6 Å². The Bertz CT molecular complexity index is 969. The van der Waals surface area contributed by atoms with E-state index in [2.05, 4.69) is 20.8 Å². The average molecular weight is 460 g/mol. The Morgan fingerprint density at radius 1 is 0.941 bits per heavy atom. The maximum Gasteiger partial charge on any atom is 1.00 e. The second-order valence-corrected chi connectivity index (χ2v) is 10.8. The number of nitrogens with zero attached hydrogens (tertiary/aromatic N) is 1. The minimum atomic E-state index is -0.948. The molecule has 0 aromatic heterocycles. The van der Waals surface area contributed by atoms with Crippen molar-refractivity contribution in [3.8, 4) is 0 Å². The van der Waals surface area contributed by atoms with Gasteiger partial charge in [0.15, 0.2) is 11.8 Å². The summed E-state index contributed by atoms with van der Waals surface area (Å²) in [6, 6.07) is 12.8. The summed E-state index contributed by atoms with van der Waals surface area (Å²) in [4.78, 5) is 29.6. The van der Waals surface area contributed by atoms with E-state index in [1.807, 2.05) is 75.1 Å². The standard InChI is InChI=1S/C29H41NO3.Li.H/c1-18(2)25-15-12-21(7)16-26(25)33-29(32)27(30(19(3)4)20(5)6)28(31)24-14-13-22-10-8-9-11-23(22)17-24;;/h8-11,13-14,17-21,25-27H,12,15-16H2,1-7H3;;/q;+1;-1. The van der Waals surface area contributed by atoms with Gasteiger partial charge in [0.25, 0.3) is 0 Å². The fourth-order valence-electron chi connectivity index (χ4n) is 5.52. The Labute approximate surface area is 219 Å². The fourth-order valence-corrected chi connectivity index (χ4v) is 5.52. The van der Waals surface area contributed by atoms with E-state index in [4.69, 9.17) is 4.74 Å². The van der Waals surface area contributed by atoms with Crippen LogP contribution in [0.15, 0.2) is 42.5 Å². The van der Waals surface area contributed by atoms with Gasteiger partial charge in [0, 0.05) is 17.6 Å². The van der Waals surface area contributed by atoms with Crippen LogP contribution in [0.2, 0.25) is 0 Å². The summed E-state index contributed by atoms with van der Waals surface area (Å²) in [5, 5.41) is 2.07. The van der Waals surface area contributed by atoms with Gasteiger partial charge < -0.3 is 6.16 Å². The minimum Gasteiger partial charge on any atom is -1.00 e. The Kier molecular flexibility index (Phi) is 10.4. The number of benzene rings is 2. The van der Waals surface area contributed by atoms with E-state index >= 15 is 0 Å². The molecular weight excluding hydrogens is 417 g/mol. The van der Waals surface area contributed by atoms with Crippen LogP contribution in [-0.2, 0) is 9.53 Å². The molecule has 0 spiro atoms. The SMILES string of the molecule is CC1CCC(C(C)C)C(OC(=O)C(C(=O)c2ccc3ccccc3c2)N(C(C)C)C(C)C)C1.[H-].[Li+]. The summed E-state index contributed by atoms with van der Waals surface area (Å²) < 4.78 is 6.21. The van der Waals surface area contributed by atoms with Crippen molar-refractivity contribution in [3.63, 3.8) is 0 Å².